The van der Waals surface area contributed by atoms with Crippen LogP contribution in [0.4, 0.5) is 15.0 Å². The van der Waals surface area contributed by atoms with Crippen molar-refractivity contribution in [3.63, 3.8) is 0 Å². The lowest BCUT2D eigenvalue weighted by molar-refractivity contribution is 0.252. The van der Waals surface area contributed by atoms with Crippen molar-refractivity contribution < 1.29 is 9.18 Å². The number of rotatable bonds is 7. The molecule has 1 heterocycles. The number of nitrogens with zero attached hydrogens (tertiary/aromatic N) is 3. The zero-order valence-electron chi connectivity index (χ0n) is 15.7. The number of halogens is 1. The first-order chi connectivity index (χ1) is 13.5. The Morgan fingerprint density at radius 1 is 1.18 bits per heavy atom. The number of hydrogen-bond donors (Lipinski definition) is 2. The van der Waals surface area contributed by atoms with E-state index in [4.69, 9.17) is 0 Å². The molecule has 0 saturated carbocycles. The van der Waals surface area contributed by atoms with Gasteiger partial charge in [-0.2, -0.15) is 0 Å². The lowest BCUT2D eigenvalue weighted by atomic mass is 10.2. The molecule has 146 valence electrons. The van der Waals surface area contributed by atoms with Crippen molar-refractivity contribution in [3.05, 3.63) is 71.7 Å². The van der Waals surface area contributed by atoms with Gasteiger partial charge in [-0.3, -0.25) is 5.32 Å². The number of urea groups is 1. The minimum Gasteiger partial charge on any atom is -0.337 e. The highest BCUT2D eigenvalue weighted by Gasteiger charge is 2.14. The van der Waals surface area contributed by atoms with E-state index in [1.54, 1.807) is 41.6 Å². The van der Waals surface area contributed by atoms with Gasteiger partial charge in [-0.1, -0.05) is 48.5 Å². The predicted octanol–water partition coefficient (Wildman–Crippen LogP) is 4.08. The van der Waals surface area contributed by atoms with Crippen molar-refractivity contribution in [1.29, 1.82) is 0 Å². The number of aromatic nitrogens is 3. The van der Waals surface area contributed by atoms with Crippen LogP contribution in [0.25, 0.3) is 0 Å². The molecule has 0 bridgehead atoms. The first-order valence-electron chi connectivity index (χ1n) is 8.93. The maximum atomic E-state index is 13.8. The highest BCUT2D eigenvalue weighted by molar-refractivity contribution is 8.00. The van der Waals surface area contributed by atoms with Crippen molar-refractivity contribution in [2.45, 2.75) is 30.5 Å². The second kappa shape index (κ2) is 9.36. The number of carbonyl (C=O) groups excluding carboxylic acids is 1. The summed E-state index contributed by atoms with van der Waals surface area (Å²) in [6.07, 6.45) is 0. The fourth-order valence-corrected chi connectivity index (χ4v) is 3.52. The van der Waals surface area contributed by atoms with Gasteiger partial charge >= 0.3 is 6.03 Å². The summed E-state index contributed by atoms with van der Waals surface area (Å²) in [4.78, 5) is 13.3. The summed E-state index contributed by atoms with van der Waals surface area (Å²) in [5.41, 5.74) is 1.17. The molecule has 1 aromatic heterocycles. The summed E-state index contributed by atoms with van der Waals surface area (Å²) in [6.45, 7) is 4.59. The van der Waals surface area contributed by atoms with E-state index in [0.29, 0.717) is 23.6 Å². The molecule has 0 radical (unpaired) electrons. The number of thioether (sulfide) groups is 1. The van der Waals surface area contributed by atoms with Gasteiger partial charge < -0.3 is 5.32 Å². The summed E-state index contributed by atoms with van der Waals surface area (Å²) in [5.74, 6) is 0.0618. The third-order valence-corrected chi connectivity index (χ3v) is 5.24. The summed E-state index contributed by atoms with van der Waals surface area (Å²) >= 11 is 1.69. The molecular weight excluding hydrogens is 377 g/mol. The maximum absolute atomic E-state index is 13.8. The minimum atomic E-state index is -0.346. The average Bonchev–Trinajstić information content (AvgIpc) is 3.02. The van der Waals surface area contributed by atoms with E-state index in [1.807, 2.05) is 37.3 Å². The molecule has 2 N–H and O–H groups in total. The molecule has 1 atom stereocenters. The lowest BCUT2D eigenvalue weighted by Crippen LogP contribution is -2.33. The number of hydrogen-bond acceptors (Lipinski definition) is 4. The molecule has 2 aromatic carbocycles. The van der Waals surface area contributed by atoms with Crippen LogP contribution in [0.3, 0.4) is 0 Å². The Morgan fingerprint density at radius 3 is 2.64 bits per heavy atom. The zero-order chi connectivity index (χ0) is 19.9. The first kappa shape index (κ1) is 19.9. The molecular formula is C20H22FN5OS. The summed E-state index contributed by atoms with van der Waals surface area (Å²) < 4.78 is 15.4. The summed E-state index contributed by atoms with van der Waals surface area (Å²) in [6, 6.07) is 16.2. The van der Waals surface area contributed by atoms with Crippen LogP contribution < -0.4 is 10.6 Å². The molecule has 0 saturated heterocycles. The molecule has 2 amide bonds. The molecule has 0 aliphatic carbocycles. The molecule has 3 rings (SSSR count). The van der Waals surface area contributed by atoms with Crippen LogP contribution in [-0.2, 0) is 6.54 Å². The quantitative estimate of drug-likeness (QED) is 0.588. The van der Waals surface area contributed by atoms with Crippen molar-refractivity contribution in [2.75, 3.05) is 11.9 Å². The summed E-state index contributed by atoms with van der Waals surface area (Å²) in [5, 5.41) is 13.8. The molecule has 0 fully saturated rings. The number of anilines is 1. The van der Waals surface area contributed by atoms with Crippen molar-refractivity contribution in [2.24, 2.45) is 0 Å². The highest BCUT2D eigenvalue weighted by Crippen LogP contribution is 2.22. The van der Waals surface area contributed by atoms with Gasteiger partial charge in [0, 0.05) is 22.3 Å². The van der Waals surface area contributed by atoms with Gasteiger partial charge in [0.05, 0.1) is 12.2 Å². The fraction of sp³-hybridized carbons (Fsp3) is 0.250. The Balaban J connectivity index is 1.52. The Morgan fingerprint density at radius 2 is 1.89 bits per heavy atom. The fourth-order valence-electron chi connectivity index (χ4n) is 2.58. The van der Waals surface area contributed by atoms with Crippen LogP contribution in [-0.4, -0.2) is 32.8 Å². The largest absolute Gasteiger partial charge is 0.337 e. The van der Waals surface area contributed by atoms with Crippen LogP contribution in [0.1, 0.15) is 18.2 Å². The first-order valence-corrected chi connectivity index (χ1v) is 9.81. The van der Waals surface area contributed by atoms with Gasteiger partial charge in [0.1, 0.15) is 5.82 Å². The standard InChI is InChI=1S/C20H22FN5OS/c1-14(28-17-9-4-3-5-10-17)12-22-20(27)23-19-15(2)26(25-24-19)13-16-8-6-7-11-18(16)21/h3-11,14H,12-13H2,1-2H3,(H2,22,23,27). The SMILES string of the molecule is Cc1c(NC(=O)NCC(C)Sc2ccccc2)nnn1Cc1ccccc1F. The molecule has 0 aliphatic rings. The molecule has 0 aliphatic heterocycles. The van der Waals surface area contributed by atoms with Crippen LogP contribution in [0.2, 0.25) is 0 Å². The molecule has 3 aromatic rings. The zero-order valence-corrected chi connectivity index (χ0v) is 16.5. The third-order valence-electron chi connectivity index (χ3n) is 4.12. The Labute approximate surface area is 167 Å². The number of carbonyl (C=O) groups is 1. The topological polar surface area (TPSA) is 71.8 Å². The monoisotopic (exact) mass is 399 g/mol. The molecule has 28 heavy (non-hydrogen) atoms. The lowest BCUT2D eigenvalue weighted by Gasteiger charge is -2.12. The van der Waals surface area contributed by atoms with Crippen molar-refractivity contribution in [3.8, 4) is 0 Å². The van der Waals surface area contributed by atoms with Gasteiger partial charge in [-0.05, 0) is 25.1 Å². The smallest absolute Gasteiger partial charge is 0.320 e. The van der Waals surface area contributed by atoms with E-state index in [1.165, 1.54) is 6.07 Å². The third kappa shape index (κ3) is 5.32. The Kier molecular flexibility index (Phi) is 6.65. The second-order valence-corrected chi connectivity index (χ2v) is 7.86. The van der Waals surface area contributed by atoms with Gasteiger partial charge in [-0.25, -0.2) is 13.9 Å². The van der Waals surface area contributed by atoms with E-state index in [0.717, 1.165) is 4.90 Å². The van der Waals surface area contributed by atoms with E-state index in [9.17, 15) is 9.18 Å². The van der Waals surface area contributed by atoms with Gasteiger partial charge in [0.15, 0.2) is 5.82 Å². The van der Waals surface area contributed by atoms with Gasteiger partial charge in [-0.15, -0.1) is 16.9 Å². The van der Waals surface area contributed by atoms with Gasteiger partial charge in [0.2, 0.25) is 0 Å². The Bertz CT molecular complexity index is 931. The molecule has 8 heteroatoms. The van der Waals surface area contributed by atoms with E-state index < -0.39 is 0 Å². The van der Waals surface area contributed by atoms with Crippen LogP contribution in [0, 0.1) is 12.7 Å². The molecule has 0 spiro atoms. The second-order valence-electron chi connectivity index (χ2n) is 6.35. The van der Waals surface area contributed by atoms with E-state index in [-0.39, 0.29) is 23.6 Å². The minimum absolute atomic E-state index is 0.214. The maximum Gasteiger partial charge on any atom is 0.320 e. The average molecular weight is 399 g/mol. The van der Waals surface area contributed by atoms with Crippen LogP contribution in [0.5, 0.6) is 0 Å². The van der Waals surface area contributed by atoms with E-state index >= 15 is 0 Å². The van der Waals surface area contributed by atoms with E-state index in [2.05, 4.69) is 20.9 Å². The number of amides is 2. The number of nitrogens with one attached hydrogen (secondary N) is 2. The number of benzene rings is 2. The Hall–Kier alpha value is -2.87. The van der Waals surface area contributed by atoms with Crippen LogP contribution in [0.15, 0.2) is 59.5 Å². The molecule has 6 nitrogen and oxygen atoms in total. The predicted molar refractivity (Wildman–Crippen MR) is 109 cm³/mol. The van der Waals surface area contributed by atoms with Crippen molar-refractivity contribution in [1.82, 2.24) is 20.3 Å². The summed E-state index contributed by atoms with van der Waals surface area (Å²) in [7, 11) is 0. The van der Waals surface area contributed by atoms with Gasteiger partial charge in [0.25, 0.3) is 0 Å². The highest BCUT2D eigenvalue weighted by atomic mass is 32.2. The van der Waals surface area contributed by atoms with Crippen LogP contribution >= 0.6 is 11.8 Å². The van der Waals surface area contributed by atoms with Crippen molar-refractivity contribution >= 4 is 23.6 Å². The normalized spacial score (nSPS) is 11.8. The molecule has 1 unspecified atom stereocenters.